The molecule has 2 unspecified atom stereocenters. The van der Waals surface area contributed by atoms with Crippen LogP contribution in [0.25, 0.3) is 0 Å². The van der Waals surface area contributed by atoms with Crippen LogP contribution in [-0.2, 0) is 10.3 Å². The van der Waals surface area contributed by atoms with Crippen molar-refractivity contribution in [3.8, 4) is 0 Å². The molecule has 1 aromatic rings. The van der Waals surface area contributed by atoms with E-state index in [-0.39, 0.29) is 0 Å². The van der Waals surface area contributed by atoms with Gasteiger partial charge in [0.25, 0.3) is 0 Å². The number of benzene rings is 1. The number of morpholine rings is 1. The summed E-state index contributed by atoms with van der Waals surface area (Å²) in [5, 5.41) is 14.0. The normalized spacial score (nSPS) is 21.4. The lowest BCUT2D eigenvalue weighted by molar-refractivity contribution is 0.0286. The molecule has 0 bridgehead atoms. The third-order valence-electron chi connectivity index (χ3n) is 3.83. The van der Waals surface area contributed by atoms with Crippen LogP contribution in [0, 0.1) is 0 Å². The van der Waals surface area contributed by atoms with Gasteiger partial charge in [-0.2, -0.15) is 0 Å². The summed E-state index contributed by atoms with van der Waals surface area (Å²) in [5.41, 5.74) is 0.117. The molecule has 1 fully saturated rings. The SMILES string of the molecule is CC(CN1CCOCC1)NCC(C)(O)c1ccccc1. The number of aliphatic hydroxyl groups is 1. The molecule has 0 radical (unpaired) electrons. The molecule has 2 atom stereocenters. The number of hydrogen-bond acceptors (Lipinski definition) is 4. The highest BCUT2D eigenvalue weighted by Crippen LogP contribution is 2.19. The first-order valence-electron chi connectivity index (χ1n) is 7.39. The zero-order valence-corrected chi connectivity index (χ0v) is 12.5. The molecule has 4 nitrogen and oxygen atoms in total. The van der Waals surface area contributed by atoms with Crippen molar-refractivity contribution >= 4 is 0 Å². The standard InChI is InChI=1S/C16H26N2O2/c1-14(12-18-8-10-20-11-9-18)17-13-16(2,19)15-6-4-3-5-7-15/h3-7,14,17,19H,8-13H2,1-2H3. The minimum absolute atomic E-state index is 0.350. The van der Waals surface area contributed by atoms with E-state index in [1.807, 2.05) is 37.3 Å². The van der Waals surface area contributed by atoms with Gasteiger partial charge in [-0.15, -0.1) is 0 Å². The highest BCUT2D eigenvalue weighted by atomic mass is 16.5. The van der Waals surface area contributed by atoms with Gasteiger partial charge < -0.3 is 15.2 Å². The van der Waals surface area contributed by atoms with E-state index in [0.717, 1.165) is 38.4 Å². The van der Waals surface area contributed by atoms with Crippen LogP contribution >= 0.6 is 0 Å². The fourth-order valence-corrected chi connectivity index (χ4v) is 2.51. The Morgan fingerprint density at radius 1 is 1.30 bits per heavy atom. The van der Waals surface area contributed by atoms with Crippen molar-refractivity contribution in [2.24, 2.45) is 0 Å². The average Bonchev–Trinajstić information content (AvgIpc) is 2.47. The van der Waals surface area contributed by atoms with E-state index in [9.17, 15) is 5.11 Å². The van der Waals surface area contributed by atoms with E-state index in [2.05, 4.69) is 17.1 Å². The van der Waals surface area contributed by atoms with Crippen LogP contribution in [0.2, 0.25) is 0 Å². The highest BCUT2D eigenvalue weighted by Gasteiger charge is 2.23. The molecule has 112 valence electrons. The van der Waals surface area contributed by atoms with Crippen molar-refractivity contribution in [3.63, 3.8) is 0 Å². The maximum Gasteiger partial charge on any atom is 0.0992 e. The summed E-state index contributed by atoms with van der Waals surface area (Å²) in [6, 6.07) is 10.2. The molecular weight excluding hydrogens is 252 g/mol. The highest BCUT2D eigenvalue weighted by molar-refractivity contribution is 5.21. The topological polar surface area (TPSA) is 44.7 Å². The fourth-order valence-electron chi connectivity index (χ4n) is 2.51. The van der Waals surface area contributed by atoms with Crippen LogP contribution in [0.3, 0.4) is 0 Å². The maximum atomic E-state index is 10.5. The molecule has 1 aliphatic heterocycles. The minimum atomic E-state index is -0.833. The molecule has 1 heterocycles. The van der Waals surface area contributed by atoms with Crippen molar-refractivity contribution in [2.75, 3.05) is 39.4 Å². The van der Waals surface area contributed by atoms with Crippen LogP contribution in [0.15, 0.2) is 30.3 Å². The largest absolute Gasteiger partial charge is 0.384 e. The van der Waals surface area contributed by atoms with Gasteiger partial charge in [-0.05, 0) is 19.4 Å². The van der Waals surface area contributed by atoms with Gasteiger partial charge in [-0.3, -0.25) is 4.90 Å². The molecule has 20 heavy (non-hydrogen) atoms. The van der Waals surface area contributed by atoms with Gasteiger partial charge in [0.15, 0.2) is 0 Å². The van der Waals surface area contributed by atoms with E-state index in [1.165, 1.54) is 0 Å². The zero-order chi connectivity index (χ0) is 14.4. The third-order valence-corrected chi connectivity index (χ3v) is 3.83. The monoisotopic (exact) mass is 278 g/mol. The van der Waals surface area contributed by atoms with Gasteiger partial charge in [0, 0.05) is 32.2 Å². The maximum absolute atomic E-state index is 10.5. The Balaban J connectivity index is 1.78. The first kappa shape index (κ1) is 15.4. The molecule has 0 saturated carbocycles. The molecule has 1 saturated heterocycles. The number of nitrogens with one attached hydrogen (secondary N) is 1. The van der Waals surface area contributed by atoms with Crippen LogP contribution in [0.5, 0.6) is 0 Å². The van der Waals surface area contributed by atoms with E-state index in [1.54, 1.807) is 0 Å². The molecular formula is C16H26N2O2. The Morgan fingerprint density at radius 3 is 2.60 bits per heavy atom. The summed E-state index contributed by atoms with van der Waals surface area (Å²) in [7, 11) is 0. The summed E-state index contributed by atoms with van der Waals surface area (Å²) in [6.45, 7) is 9.23. The van der Waals surface area contributed by atoms with Gasteiger partial charge in [0.2, 0.25) is 0 Å². The molecule has 0 amide bonds. The quantitative estimate of drug-likeness (QED) is 0.821. The summed E-state index contributed by atoms with van der Waals surface area (Å²) >= 11 is 0. The minimum Gasteiger partial charge on any atom is -0.384 e. The smallest absolute Gasteiger partial charge is 0.0992 e. The summed E-state index contributed by atoms with van der Waals surface area (Å²) in [5.74, 6) is 0. The number of nitrogens with zero attached hydrogens (tertiary/aromatic N) is 1. The molecule has 0 spiro atoms. The van der Waals surface area contributed by atoms with E-state index in [0.29, 0.717) is 12.6 Å². The van der Waals surface area contributed by atoms with Gasteiger partial charge in [-0.25, -0.2) is 0 Å². The average molecular weight is 278 g/mol. The molecule has 2 N–H and O–H groups in total. The summed E-state index contributed by atoms with van der Waals surface area (Å²) < 4.78 is 5.35. The Bertz CT molecular complexity index is 389. The van der Waals surface area contributed by atoms with Crippen molar-refractivity contribution < 1.29 is 9.84 Å². The van der Waals surface area contributed by atoms with Gasteiger partial charge >= 0.3 is 0 Å². The van der Waals surface area contributed by atoms with Gasteiger partial charge in [-0.1, -0.05) is 30.3 Å². The second kappa shape index (κ2) is 7.18. The third kappa shape index (κ3) is 4.56. The van der Waals surface area contributed by atoms with Crippen LogP contribution < -0.4 is 5.32 Å². The summed E-state index contributed by atoms with van der Waals surface area (Å²) in [4.78, 5) is 2.40. The lowest BCUT2D eigenvalue weighted by atomic mass is 9.96. The lowest BCUT2D eigenvalue weighted by Gasteiger charge is -2.31. The molecule has 2 rings (SSSR count). The Kier molecular flexibility index (Phi) is 5.54. The fraction of sp³-hybridized carbons (Fsp3) is 0.625. The molecule has 0 aromatic heterocycles. The number of rotatable bonds is 6. The molecule has 1 aromatic carbocycles. The van der Waals surface area contributed by atoms with E-state index < -0.39 is 5.60 Å². The Morgan fingerprint density at radius 2 is 1.95 bits per heavy atom. The first-order valence-corrected chi connectivity index (χ1v) is 7.39. The Hall–Kier alpha value is -0.940. The first-order chi connectivity index (χ1) is 9.58. The van der Waals surface area contributed by atoms with Crippen LogP contribution in [0.1, 0.15) is 19.4 Å². The van der Waals surface area contributed by atoms with Crippen molar-refractivity contribution in [1.29, 1.82) is 0 Å². The predicted octanol–water partition coefficient (Wildman–Crippen LogP) is 1.20. The van der Waals surface area contributed by atoms with E-state index in [4.69, 9.17) is 4.74 Å². The van der Waals surface area contributed by atoms with E-state index >= 15 is 0 Å². The lowest BCUT2D eigenvalue weighted by Crippen LogP contribution is -2.47. The predicted molar refractivity (Wildman–Crippen MR) is 80.7 cm³/mol. The molecule has 0 aliphatic carbocycles. The van der Waals surface area contributed by atoms with Gasteiger partial charge in [0.05, 0.1) is 18.8 Å². The second-order valence-corrected chi connectivity index (χ2v) is 5.83. The van der Waals surface area contributed by atoms with Gasteiger partial charge in [0.1, 0.15) is 0 Å². The Labute approximate surface area is 121 Å². The number of hydrogen-bond donors (Lipinski definition) is 2. The van der Waals surface area contributed by atoms with Crippen LogP contribution in [0.4, 0.5) is 0 Å². The number of ether oxygens (including phenoxy) is 1. The summed E-state index contributed by atoms with van der Waals surface area (Å²) in [6.07, 6.45) is 0. The van der Waals surface area contributed by atoms with Crippen LogP contribution in [-0.4, -0.2) is 55.4 Å². The van der Waals surface area contributed by atoms with Crippen molar-refractivity contribution in [2.45, 2.75) is 25.5 Å². The molecule has 4 heteroatoms. The van der Waals surface area contributed by atoms with Crippen molar-refractivity contribution in [3.05, 3.63) is 35.9 Å². The zero-order valence-electron chi connectivity index (χ0n) is 12.5. The second-order valence-electron chi connectivity index (χ2n) is 5.83. The molecule has 1 aliphatic rings. The van der Waals surface area contributed by atoms with Crippen molar-refractivity contribution in [1.82, 2.24) is 10.2 Å².